The van der Waals surface area contributed by atoms with Crippen molar-refractivity contribution in [2.24, 2.45) is 11.5 Å². The highest BCUT2D eigenvalue weighted by Gasteiger charge is 2.40. The van der Waals surface area contributed by atoms with Crippen molar-refractivity contribution in [1.82, 2.24) is 25.5 Å². The lowest BCUT2D eigenvalue weighted by Gasteiger charge is -2.43. The van der Waals surface area contributed by atoms with Crippen LogP contribution in [0, 0.1) is 0 Å². The molecule has 0 spiro atoms. The number of anilines is 1. The first-order valence-corrected chi connectivity index (χ1v) is 10.9. The minimum Gasteiger partial charge on any atom is -0.369 e. The molecular weight excluding hydrogens is 436 g/mol. The van der Waals surface area contributed by atoms with Crippen molar-refractivity contribution in [1.29, 1.82) is 0 Å². The monoisotopic (exact) mass is 468 g/mol. The van der Waals surface area contributed by atoms with Crippen LogP contribution in [0.5, 0.6) is 0 Å². The highest BCUT2D eigenvalue weighted by atomic mass is 16.2. The Labute approximate surface area is 198 Å². The van der Waals surface area contributed by atoms with Gasteiger partial charge in [0.15, 0.2) is 0 Å². The zero-order valence-corrected chi connectivity index (χ0v) is 19.9. The Morgan fingerprint density at radius 1 is 1.12 bits per heavy atom. The number of aromatic nitrogens is 2. The number of piperidine rings is 1. The van der Waals surface area contributed by atoms with E-state index in [1.165, 1.54) is 17.3 Å². The third kappa shape index (κ3) is 5.25. The average molecular weight is 469 g/mol. The van der Waals surface area contributed by atoms with Crippen molar-refractivity contribution in [2.75, 3.05) is 32.5 Å². The summed E-state index contributed by atoms with van der Waals surface area (Å²) in [6.45, 7) is 4.49. The predicted octanol–water partition coefficient (Wildman–Crippen LogP) is 0.495. The number of hydrogen-bond acceptors (Lipinski definition) is 7. The number of hydrogen-bond donors (Lipinski definition) is 5. The van der Waals surface area contributed by atoms with Crippen molar-refractivity contribution in [3.8, 4) is 0 Å². The Balaban J connectivity index is 1.93. The van der Waals surface area contributed by atoms with Gasteiger partial charge >= 0.3 is 6.03 Å². The number of carbonyl (C=O) groups is 3. The number of amides is 4. The first-order valence-electron chi connectivity index (χ1n) is 10.9. The van der Waals surface area contributed by atoms with Crippen LogP contribution in [0.1, 0.15) is 47.9 Å². The fourth-order valence-electron chi connectivity index (χ4n) is 3.98. The Morgan fingerprint density at radius 2 is 1.76 bits per heavy atom. The van der Waals surface area contributed by atoms with Gasteiger partial charge in [0.2, 0.25) is 5.91 Å². The van der Waals surface area contributed by atoms with Crippen LogP contribution in [-0.4, -0.2) is 65.6 Å². The van der Waals surface area contributed by atoms with E-state index in [9.17, 15) is 14.4 Å². The molecule has 182 valence electrons. The maximum Gasteiger partial charge on any atom is 0.318 e. The number of nitrogens with zero attached hydrogens (tertiary/aromatic N) is 3. The Bertz CT molecular complexity index is 1070. The summed E-state index contributed by atoms with van der Waals surface area (Å²) in [4.78, 5) is 46.3. The third-order valence-corrected chi connectivity index (χ3v) is 6.12. The summed E-state index contributed by atoms with van der Waals surface area (Å²) in [5.74, 6) is -1.32. The van der Waals surface area contributed by atoms with Gasteiger partial charge in [-0.05, 0) is 38.0 Å². The van der Waals surface area contributed by atoms with Gasteiger partial charge in [0.1, 0.15) is 11.4 Å². The molecule has 1 aliphatic rings. The molecule has 1 unspecified atom stereocenters. The quantitative estimate of drug-likeness (QED) is 0.368. The fraction of sp³-hybridized carbons (Fsp3) is 0.435. The molecule has 1 fully saturated rings. The van der Waals surface area contributed by atoms with E-state index in [0.717, 1.165) is 11.3 Å². The summed E-state index contributed by atoms with van der Waals surface area (Å²) in [6, 6.07) is 7.05. The lowest BCUT2D eigenvalue weighted by atomic mass is 9.83. The van der Waals surface area contributed by atoms with Gasteiger partial charge in [0, 0.05) is 51.2 Å². The van der Waals surface area contributed by atoms with E-state index in [1.807, 2.05) is 24.3 Å². The molecule has 1 aromatic heterocycles. The molecule has 3 rings (SSSR count). The van der Waals surface area contributed by atoms with E-state index in [-0.39, 0.29) is 17.6 Å². The lowest BCUT2D eigenvalue weighted by molar-refractivity contribution is -0.122. The SMILES string of the molecule is CN(C)C(=O)N[C@@]1(Nc2ccc(C(C)(C)C(N)=O)cc2)CNCC(c2nccnc2C(N)=O)C1. The van der Waals surface area contributed by atoms with E-state index in [4.69, 9.17) is 11.5 Å². The highest BCUT2D eigenvalue weighted by molar-refractivity contribution is 5.92. The van der Waals surface area contributed by atoms with Gasteiger partial charge in [-0.25, -0.2) is 9.78 Å². The molecule has 1 saturated heterocycles. The summed E-state index contributed by atoms with van der Waals surface area (Å²) >= 11 is 0. The maximum absolute atomic E-state index is 12.7. The lowest BCUT2D eigenvalue weighted by Crippen LogP contribution is -2.65. The molecule has 7 N–H and O–H groups in total. The summed E-state index contributed by atoms with van der Waals surface area (Å²) in [7, 11) is 3.32. The van der Waals surface area contributed by atoms with Crippen molar-refractivity contribution in [2.45, 2.75) is 37.3 Å². The second-order valence-electron chi connectivity index (χ2n) is 9.28. The first kappa shape index (κ1) is 24.9. The normalized spacial score (nSPS) is 20.3. The van der Waals surface area contributed by atoms with E-state index >= 15 is 0 Å². The van der Waals surface area contributed by atoms with Crippen LogP contribution < -0.4 is 27.4 Å². The molecule has 11 heteroatoms. The Morgan fingerprint density at radius 3 is 2.35 bits per heavy atom. The van der Waals surface area contributed by atoms with E-state index < -0.39 is 22.9 Å². The van der Waals surface area contributed by atoms with Gasteiger partial charge in [0.25, 0.3) is 5.91 Å². The summed E-state index contributed by atoms with van der Waals surface area (Å²) in [6.07, 6.45) is 3.37. The van der Waals surface area contributed by atoms with Gasteiger partial charge in [-0.2, -0.15) is 0 Å². The summed E-state index contributed by atoms with van der Waals surface area (Å²) < 4.78 is 0. The maximum atomic E-state index is 12.7. The van der Waals surface area contributed by atoms with Crippen molar-refractivity contribution in [3.63, 3.8) is 0 Å². The predicted molar refractivity (Wildman–Crippen MR) is 128 cm³/mol. The van der Waals surface area contributed by atoms with Crippen LogP contribution in [0.25, 0.3) is 0 Å². The molecule has 1 aromatic carbocycles. The molecule has 1 aliphatic heterocycles. The van der Waals surface area contributed by atoms with Gasteiger partial charge in [-0.3, -0.25) is 14.6 Å². The number of rotatable bonds is 7. The number of nitrogens with one attached hydrogen (secondary N) is 3. The number of benzene rings is 1. The number of primary amides is 2. The molecule has 0 aliphatic carbocycles. The first-order chi connectivity index (χ1) is 15.9. The molecule has 0 radical (unpaired) electrons. The van der Waals surface area contributed by atoms with Crippen LogP contribution in [0.2, 0.25) is 0 Å². The standard InChI is InChI=1S/C23H32N8O3/c1-22(2,20(25)33)15-5-7-16(8-6-15)29-23(30-21(34)31(3)4)11-14(12-26-13-23)17-18(19(24)32)28-10-9-27-17/h5-10,14,26,29H,11-13H2,1-4H3,(H2,24,32)(H2,25,33)(H,30,34)/t14?,23-/m1/s1. The molecule has 2 atom stereocenters. The molecule has 0 bridgehead atoms. The van der Waals surface area contributed by atoms with Gasteiger partial charge < -0.3 is 32.3 Å². The molecule has 0 saturated carbocycles. The van der Waals surface area contributed by atoms with Crippen LogP contribution in [0.3, 0.4) is 0 Å². The molecule has 2 aromatic rings. The molecule has 34 heavy (non-hydrogen) atoms. The number of carbonyl (C=O) groups excluding carboxylic acids is 3. The largest absolute Gasteiger partial charge is 0.369 e. The van der Waals surface area contributed by atoms with Gasteiger partial charge in [-0.15, -0.1) is 0 Å². The molecule has 2 heterocycles. The van der Waals surface area contributed by atoms with Crippen molar-refractivity contribution < 1.29 is 14.4 Å². The zero-order valence-electron chi connectivity index (χ0n) is 19.9. The Kier molecular flexibility index (Phi) is 7.06. The van der Waals surface area contributed by atoms with Crippen molar-refractivity contribution >= 4 is 23.5 Å². The van der Waals surface area contributed by atoms with E-state index in [0.29, 0.717) is 25.2 Å². The van der Waals surface area contributed by atoms with Crippen LogP contribution in [0.15, 0.2) is 36.7 Å². The van der Waals surface area contributed by atoms with E-state index in [1.54, 1.807) is 27.9 Å². The smallest absolute Gasteiger partial charge is 0.318 e. The zero-order chi connectivity index (χ0) is 25.1. The summed E-state index contributed by atoms with van der Waals surface area (Å²) in [5, 5.41) is 9.83. The molecule has 11 nitrogen and oxygen atoms in total. The third-order valence-electron chi connectivity index (χ3n) is 6.12. The highest BCUT2D eigenvalue weighted by Crippen LogP contribution is 2.31. The van der Waals surface area contributed by atoms with E-state index in [2.05, 4.69) is 25.9 Å². The van der Waals surface area contributed by atoms with Gasteiger partial charge in [0.05, 0.1) is 11.1 Å². The van der Waals surface area contributed by atoms with Crippen LogP contribution >= 0.6 is 0 Å². The minimum atomic E-state index is -0.905. The van der Waals surface area contributed by atoms with Crippen molar-refractivity contribution in [3.05, 3.63) is 53.6 Å². The van der Waals surface area contributed by atoms with Crippen LogP contribution in [-0.2, 0) is 10.2 Å². The Hall–Kier alpha value is -3.73. The topological polar surface area (TPSA) is 168 Å². The van der Waals surface area contributed by atoms with Crippen LogP contribution in [0.4, 0.5) is 10.5 Å². The molecular formula is C23H32N8O3. The summed E-state index contributed by atoms with van der Waals surface area (Å²) in [5.41, 5.74) is 11.4. The number of nitrogens with two attached hydrogens (primary N) is 2. The van der Waals surface area contributed by atoms with Gasteiger partial charge in [-0.1, -0.05) is 12.1 Å². The second kappa shape index (κ2) is 9.64. The minimum absolute atomic E-state index is 0.113. The second-order valence-corrected chi connectivity index (χ2v) is 9.28. The number of urea groups is 1. The fourth-order valence-corrected chi connectivity index (χ4v) is 3.98. The average Bonchev–Trinajstić information content (AvgIpc) is 2.79. The molecule has 4 amide bonds.